The first-order chi connectivity index (χ1) is 13.2. The van der Waals surface area contributed by atoms with Crippen molar-refractivity contribution in [3.8, 4) is 0 Å². The van der Waals surface area contributed by atoms with Crippen molar-refractivity contribution in [2.45, 2.75) is 9.99 Å². The molecule has 4 nitrogen and oxygen atoms in total. The predicted octanol–water partition coefficient (Wildman–Crippen LogP) is 6.84. The van der Waals surface area contributed by atoms with Crippen LogP contribution in [0.2, 0.25) is 5.02 Å². The fourth-order valence-electron chi connectivity index (χ4n) is 2.40. The van der Waals surface area contributed by atoms with E-state index in [0.29, 0.717) is 16.6 Å². The van der Waals surface area contributed by atoms with Gasteiger partial charge in [0.05, 0.1) is 16.2 Å². The third kappa shape index (κ3) is 4.53. The van der Waals surface area contributed by atoms with Crippen molar-refractivity contribution in [2.24, 2.45) is 5.10 Å². The number of hydrogen-bond donors (Lipinski definition) is 1. The van der Waals surface area contributed by atoms with Gasteiger partial charge >= 0.3 is 0 Å². The van der Waals surface area contributed by atoms with Gasteiger partial charge in [0.15, 0.2) is 5.09 Å². The minimum Gasteiger partial charge on any atom is -0.447 e. The summed E-state index contributed by atoms with van der Waals surface area (Å²) < 4.78 is 6.70. The molecule has 0 saturated heterocycles. The first-order valence-corrected chi connectivity index (χ1v) is 10.0. The van der Waals surface area contributed by atoms with Crippen LogP contribution in [-0.2, 0) is 0 Å². The van der Waals surface area contributed by atoms with Gasteiger partial charge in [-0.25, -0.2) is 4.98 Å². The molecule has 1 N–H and O–H groups in total. The normalized spacial score (nSPS) is 11.3. The quantitative estimate of drug-likeness (QED) is 0.263. The van der Waals surface area contributed by atoms with E-state index < -0.39 is 0 Å². The van der Waals surface area contributed by atoms with E-state index in [0.717, 1.165) is 25.4 Å². The highest BCUT2D eigenvalue weighted by atomic mass is 79.9. The maximum Gasteiger partial charge on any atom is 0.180 e. The SMILES string of the molecule is Clc1ccc(Sc2oc(/C=N\Nc3ccc4ccccc4n3)cc2Br)cc1. The van der Waals surface area contributed by atoms with Crippen LogP contribution in [0.4, 0.5) is 5.82 Å². The van der Waals surface area contributed by atoms with E-state index in [1.807, 2.05) is 66.7 Å². The zero-order chi connectivity index (χ0) is 18.6. The molecular formula is C20H13BrClN3OS. The van der Waals surface area contributed by atoms with Crippen LogP contribution in [0.15, 0.2) is 90.7 Å². The van der Waals surface area contributed by atoms with E-state index in [9.17, 15) is 0 Å². The summed E-state index contributed by atoms with van der Waals surface area (Å²) in [5.74, 6) is 1.30. The van der Waals surface area contributed by atoms with E-state index in [-0.39, 0.29) is 0 Å². The Morgan fingerprint density at radius 2 is 1.89 bits per heavy atom. The van der Waals surface area contributed by atoms with E-state index in [1.165, 1.54) is 11.8 Å². The number of rotatable bonds is 5. The lowest BCUT2D eigenvalue weighted by molar-refractivity contribution is 0.466. The van der Waals surface area contributed by atoms with Crippen molar-refractivity contribution in [1.29, 1.82) is 0 Å². The highest BCUT2D eigenvalue weighted by Crippen LogP contribution is 2.35. The summed E-state index contributed by atoms with van der Waals surface area (Å²) >= 11 is 10.9. The maximum atomic E-state index is 5.92. The van der Waals surface area contributed by atoms with Crippen molar-refractivity contribution in [3.63, 3.8) is 0 Å². The minimum atomic E-state index is 0.631. The Bertz CT molecular complexity index is 1110. The Labute approximate surface area is 173 Å². The number of aromatic nitrogens is 1. The second-order valence-corrected chi connectivity index (χ2v) is 7.94. The van der Waals surface area contributed by atoms with Crippen LogP contribution in [-0.4, -0.2) is 11.2 Å². The molecule has 2 aromatic carbocycles. The first-order valence-electron chi connectivity index (χ1n) is 8.05. The molecule has 4 rings (SSSR count). The molecule has 27 heavy (non-hydrogen) atoms. The van der Waals surface area contributed by atoms with E-state index >= 15 is 0 Å². The molecule has 4 aromatic rings. The number of para-hydroxylation sites is 1. The number of fused-ring (bicyclic) bond motifs is 1. The van der Waals surface area contributed by atoms with E-state index in [2.05, 4.69) is 31.4 Å². The third-order valence-electron chi connectivity index (χ3n) is 3.67. The average molecular weight is 459 g/mol. The van der Waals surface area contributed by atoms with Gasteiger partial charge in [-0.05, 0) is 58.4 Å². The lowest BCUT2D eigenvalue weighted by atomic mass is 10.2. The number of pyridine rings is 1. The van der Waals surface area contributed by atoms with Gasteiger partial charge in [-0.1, -0.05) is 41.6 Å². The number of furan rings is 1. The predicted molar refractivity (Wildman–Crippen MR) is 115 cm³/mol. The molecule has 0 radical (unpaired) electrons. The minimum absolute atomic E-state index is 0.631. The van der Waals surface area contributed by atoms with E-state index in [4.69, 9.17) is 16.0 Å². The van der Waals surface area contributed by atoms with Gasteiger partial charge in [-0.2, -0.15) is 5.10 Å². The lowest BCUT2D eigenvalue weighted by Crippen LogP contribution is -1.93. The molecule has 0 fully saturated rings. The van der Waals surface area contributed by atoms with Gasteiger partial charge in [0.2, 0.25) is 0 Å². The van der Waals surface area contributed by atoms with Gasteiger partial charge in [0.25, 0.3) is 0 Å². The molecule has 0 unspecified atom stereocenters. The molecule has 7 heteroatoms. The Balaban J connectivity index is 1.45. The largest absolute Gasteiger partial charge is 0.447 e. The van der Waals surface area contributed by atoms with E-state index in [1.54, 1.807) is 6.21 Å². The molecule has 0 atom stereocenters. The van der Waals surface area contributed by atoms with Gasteiger partial charge < -0.3 is 4.42 Å². The molecule has 134 valence electrons. The van der Waals surface area contributed by atoms with Crippen LogP contribution in [0.3, 0.4) is 0 Å². The fourth-order valence-corrected chi connectivity index (χ4v) is 3.86. The molecular weight excluding hydrogens is 446 g/mol. The first kappa shape index (κ1) is 18.1. The van der Waals surface area contributed by atoms with Crippen molar-refractivity contribution in [2.75, 3.05) is 5.43 Å². The van der Waals surface area contributed by atoms with Gasteiger partial charge in [0.1, 0.15) is 11.6 Å². The molecule has 0 aliphatic carbocycles. The monoisotopic (exact) mass is 457 g/mol. The van der Waals surface area contributed by atoms with Crippen molar-refractivity contribution in [1.82, 2.24) is 4.98 Å². The van der Waals surface area contributed by atoms with Crippen molar-refractivity contribution < 1.29 is 4.42 Å². The molecule has 2 heterocycles. The second kappa shape index (κ2) is 8.17. The second-order valence-electron chi connectivity index (χ2n) is 5.60. The smallest absolute Gasteiger partial charge is 0.180 e. The summed E-state index contributed by atoms with van der Waals surface area (Å²) in [6, 6.07) is 21.3. The number of nitrogens with zero attached hydrogens (tertiary/aromatic N) is 2. The van der Waals surface area contributed by atoms with Crippen LogP contribution < -0.4 is 5.43 Å². The highest BCUT2D eigenvalue weighted by molar-refractivity contribution is 9.10. The number of anilines is 1. The topological polar surface area (TPSA) is 50.4 Å². The number of benzene rings is 2. The molecule has 0 spiro atoms. The summed E-state index contributed by atoms with van der Waals surface area (Å²) in [6.45, 7) is 0. The lowest BCUT2D eigenvalue weighted by Gasteiger charge is -2.01. The summed E-state index contributed by atoms with van der Waals surface area (Å²) in [5, 5.41) is 6.76. The van der Waals surface area contributed by atoms with Crippen molar-refractivity contribution >= 4 is 62.2 Å². The molecule has 0 saturated carbocycles. The number of nitrogens with one attached hydrogen (secondary N) is 1. The average Bonchev–Trinajstić information content (AvgIpc) is 3.03. The summed E-state index contributed by atoms with van der Waals surface area (Å²) in [6.07, 6.45) is 1.62. The van der Waals surface area contributed by atoms with Crippen LogP contribution in [0.25, 0.3) is 10.9 Å². The molecule has 0 bridgehead atoms. The number of halogens is 2. The highest BCUT2D eigenvalue weighted by Gasteiger charge is 2.09. The molecule has 0 amide bonds. The summed E-state index contributed by atoms with van der Waals surface area (Å²) in [7, 11) is 0. The fraction of sp³-hybridized carbons (Fsp3) is 0. The number of hydrogen-bond acceptors (Lipinski definition) is 5. The maximum absolute atomic E-state index is 5.92. The Morgan fingerprint density at radius 1 is 1.07 bits per heavy atom. The van der Waals surface area contributed by atoms with Gasteiger partial charge in [-0.15, -0.1) is 0 Å². The third-order valence-corrected chi connectivity index (χ3v) is 5.77. The van der Waals surface area contributed by atoms with Gasteiger partial charge in [0, 0.05) is 21.4 Å². The Morgan fingerprint density at radius 3 is 2.74 bits per heavy atom. The van der Waals surface area contributed by atoms with Crippen LogP contribution in [0, 0.1) is 0 Å². The van der Waals surface area contributed by atoms with Crippen molar-refractivity contribution in [3.05, 3.63) is 82.0 Å². The zero-order valence-electron chi connectivity index (χ0n) is 13.9. The Kier molecular flexibility index (Phi) is 5.48. The molecule has 0 aliphatic heterocycles. The van der Waals surface area contributed by atoms with Crippen LogP contribution in [0.1, 0.15) is 5.76 Å². The molecule has 0 aliphatic rings. The number of hydrazone groups is 1. The zero-order valence-corrected chi connectivity index (χ0v) is 17.1. The van der Waals surface area contributed by atoms with Crippen LogP contribution in [0.5, 0.6) is 0 Å². The molecule has 2 aromatic heterocycles. The van der Waals surface area contributed by atoms with Gasteiger partial charge in [-0.3, -0.25) is 5.43 Å². The summed E-state index contributed by atoms with van der Waals surface area (Å²) in [5.41, 5.74) is 3.85. The standard InChI is InChI=1S/C20H13BrClN3OS/c21-17-11-15(26-20(17)27-16-8-6-14(22)7-9-16)12-23-25-19-10-5-13-3-1-2-4-18(13)24-19/h1-12H,(H,24,25)/b23-12-. The van der Waals surface area contributed by atoms with Crippen LogP contribution >= 0.6 is 39.3 Å². The Hall–Kier alpha value is -2.28. The summed E-state index contributed by atoms with van der Waals surface area (Å²) in [4.78, 5) is 5.55.